The number of imide groups is 1. The molecule has 5 nitrogen and oxygen atoms in total. The van der Waals surface area contributed by atoms with Gasteiger partial charge in [-0.25, -0.2) is 4.79 Å². The lowest BCUT2D eigenvalue weighted by Gasteiger charge is -2.31. The molecule has 0 saturated carbocycles. The second-order valence-corrected chi connectivity index (χ2v) is 7.57. The van der Waals surface area contributed by atoms with E-state index in [1.165, 1.54) is 0 Å². The summed E-state index contributed by atoms with van der Waals surface area (Å²) < 4.78 is 5.51. The molecule has 0 fully saturated rings. The zero-order valence-corrected chi connectivity index (χ0v) is 17.0. The Bertz CT molecular complexity index is 815. The number of nitrogens with zero attached hydrogens (tertiary/aromatic N) is 1. The Balaban J connectivity index is 2.46. The SMILES string of the molecule is CC(C)(C)OC(=O)C(Cc1ccccc1)N(C(=O)CCl)C(=O)c1ccccc1. The highest BCUT2D eigenvalue weighted by Crippen LogP contribution is 2.19. The average molecular weight is 402 g/mol. The van der Waals surface area contributed by atoms with Crippen LogP contribution in [0.5, 0.6) is 0 Å². The van der Waals surface area contributed by atoms with Gasteiger partial charge in [0.2, 0.25) is 5.91 Å². The maximum Gasteiger partial charge on any atom is 0.330 e. The summed E-state index contributed by atoms with van der Waals surface area (Å²) in [6.45, 7) is 5.20. The second-order valence-electron chi connectivity index (χ2n) is 7.31. The lowest BCUT2D eigenvalue weighted by atomic mass is 10.0. The van der Waals surface area contributed by atoms with Gasteiger partial charge in [0, 0.05) is 12.0 Å². The van der Waals surface area contributed by atoms with Gasteiger partial charge in [0.05, 0.1) is 0 Å². The summed E-state index contributed by atoms with van der Waals surface area (Å²) in [7, 11) is 0. The molecule has 2 aromatic rings. The molecule has 0 spiro atoms. The summed E-state index contributed by atoms with van der Waals surface area (Å²) in [4.78, 5) is 39.5. The highest BCUT2D eigenvalue weighted by atomic mass is 35.5. The van der Waals surface area contributed by atoms with E-state index < -0.39 is 35.3 Å². The highest BCUT2D eigenvalue weighted by Gasteiger charge is 2.37. The summed E-state index contributed by atoms with van der Waals surface area (Å²) in [6.07, 6.45) is 0.136. The topological polar surface area (TPSA) is 63.7 Å². The van der Waals surface area contributed by atoms with Crippen LogP contribution in [-0.4, -0.2) is 40.2 Å². The van der Waals surface area contributed by atoms with Gasteiger partial charge < -0.3 is 4.74 Å². The molecule has 28 heavy (non-hydrogen) atoms. The first-order valence-electron chi connectivity index (χ1n) is 8.97. The molecule has 0 bridgehead atoms. The lowest BCUT2D eigenvalue weighted by molar-refractivity contribution is -0.162. The van der Waals surface area contributed by atoms with Crippen molar-refractivity contribution in [2.24, 2.45) is 0 Å². The van der Waals surface area contributed by atoms with Gasteiger partial charge in [0.25, 0.3) is 5.91 Å². The van der Waals surface area contributed by atoms with Gasteiger partial charge in [-0.1, -0.05) is 48.5 Å². The van der Waals surface area contributed by atoms with Crippen LogP contribution in [0.4, 0.5) is 0 Å². The molecule has 1 unspecified atom stereocenters. The largest absolute Gasteiger partial charge is 0.458 e. The van der Waals surface area contributed by atoms with E-state index in [4.69, 9.17) is 16.3 Å². The first kappa shape index (κ1) is 21.6. The molecule has 0 radical (unpaired) electrons. The summed E-state index contributed by atoms with van der Waals surface area (Å²) in [5.41, 5.74) is 0.325. The third-order valence-corrected chi connectivity index (χ3v) is 4.11. The van der Waals surface area contributed by atoms with Crippen LogP contribution in [0.15, 0.2) is 60.7 Å². The molecule has 0 saturated heterocycles. The molecule has 2 aromatic carbocycles. The maximum atomic E-state index is 13.1. The monoisotopic (exact) mass is 401 g/mol. The number of hydrogen-bond acceptors (Lipinski definition) is 4. The van der Waals surface area contributed by atoms with E-state index in [9.17, 15) is 14.4 Å². The van der Waals surface area contributed by atoms with Crippen LogP contribution in [-0.2, 0) is 20.7 Å². The van der Waals surface area contributed by atoms with Crippen LogP contribution in [0.25, 0.3) is 0 Å². The van der Waals surface area contributed by atoms with E-state index in [-0.39, 0.29) is 6.42 Å². The molecular weight excluding hydrogens is 378 g/mol. The third kappa shape index (κ3) is 5.92. The minimum absolute atomic E-state index is 0.136. The van der Waals surface area contributed by atoms with Crippen molar-refractivity contribution in [3.8, 4) is 0 Å². The Morgan fingerprint density at radius 1 is 0.964 bits per heavy atom. The number of carbonyl (C=O) groups is 3. The minimum Gasteiger partial charge on any atom is -0.458 e. The van der Waals surface area contributed by atoms with Gasteiger partial charge in [0.1, 0.15) is 17.5 Å². The molecule has 0 aliphatic heterocycles. The van der Waals surface area contributed by atoms with Crippen molar-refractivity contribution in [2.75, 3.05) is 5.88 Å². The first-order chi connectivity index (χ1) is 13.2. The Morgan fingerprint density at radius 3 is 2.00 bits per heavy atom. The zero-order valence-electron chi connectivity index (χ0n) is 16.2. The molecule has 148 valence electrons. The van der Waals surface area contributed by atoms with Gasteiger partial charge in [-0.3, -0.25) is 14.5 Å². The fourth-order valence-electron chi connectivity index (χ4n) is 2.70. The number of esters is 1. The number of alkyl halides is 1. The third-order valence-electron chi connectivity index (χ3n) is 3.88. The van der Waals surface area contributed by atoms with E-state index in [0.29, 0.717) is 5.56 Å². The van der Waals surface area contributed by atoms with Gasteiger partial charge >= 0.3 is 5.97 Å². The summed E-state index contributed by atoms with van der Waals surface area (Å²) in [6, 6.07) is 16.4. The molecular formula is C22H24ClNO4. The van der Waals surface area contributed by atoms with Crippen LogP contribution in [0.2, 0.25) is 0 Å². The van der Waals surface area contributed by atoms with Crippen molar-refractivity contribution < 1.29 is 19.1 Å². The van der Waals surface area contributed by atoms with Crippen molar-refractivity contribution >= 4 is 29.4 Å². The molecule has 0 aliphatic rings. The lowest BCUT2D eigenvalue weighted by Crippen LogP contribution is -2.52. The van der Waals surface area contributed by atoms with Crippen molar-refractivity contribution in [3.05, 3.63) is 71.8 Å². The Morgan fingerprint density at radius 2 is 1.50 bits per heavy atom. The standard InChI is InChI=1S/C22H24ClNO4/c1-22(2,3)28-21(27)18(14-16-10-6-4-7-11-16)24(19(25)15-23)20(26)17-12-8-5-9-13-17/h4-13,18H,14-15H2,1-3H3. The van der Waals surface area contributed by atoms with Crippen molar-refractivity contribution in [1.29, 1.82) is 0 Å². The Kier molecular flexibility index (Phi) is 7.35. The highest BCUT2D eigenvalue weighted by molar-refractivity contribution is 6.29. The summed E-state index contributed by atoms with van der Waals surface area (Å²) in [5, 5.41) is 0. The van der Waals surface area contributed by atoms with Crippen LogP contribution >= 0.6 is 11.6 Å². The van der Waals surface area contributed by atoms with Gasteiger partial charge in [-0.2, -0.15) is 0 Å². The second kappa shape index (κ2) is 9.51. The maximum absolute atomic E-state index is 13.1. The number of carbonyl (C=O) groups excluding carboxylic acids is 3. The Hall–Kier alpha value is -2.66. The smallest absolute Gasteiger partial charge is 0.330 e. The van der Waals surface area contributed by atoms with Crippen molar-refractivity contribution in [1.82, 2.24) is 4.90 Å². The number of halogens is 1. The molecule has 2 amide bonds. The average Bonchev–Trinajstić information content (AvgIpc) is 2.67. The van der Waals surface area contributed by atoms with Crippen molar-refractivity contribution in [3.63, 3.8) is 0 Å². The zero-order chi connectivity index (χ0) is 20.7. The number of ether oxygens (including phenoxy) is 1. The number of hydrogen-bond donors (Lipinski definition) is 0. The molecule has 0 N–H and O–H groups in total. The number of amides is 2. The summed E-state index contributed by atoms with van der Waals surface area (Å²) in [5.74, 6) is -2.31. The first-order valence-corrected chi connectivity index (χ1v) is 9.50. The van der Waals surface area contributed by atoms with Crippen LogP contribution < -0.4 is 0 Å². The van der Waals surface area contributed by atoms with Gasteiger partial charge in [-0.15, -0.1) is 11.6 Å². The molecule has 1 atom stereocenters. The molecule has 0 heterocycles. The van der Waals surface area contributed by atoms with E-state index >= 15 is 0 Å². The molecule has 0 aliphatic carbocycles. The van der Waals surface area contributed by atoms with Crippen LogP contribution in [0.1, 0.15) is 36.7 Å². The predicted molar refractivity (Wildman–Crippen MR) is 108 cm³/mol. The minimum atomic E-state index is -1.12. The quantitative estimate of drug-likeness (QED) is 0.544. The van der Waals surface area contributed by atoms with E-state index in [0.717, 1.165) is 10.5 Å². The van der Waals surface area contributed by atoms with E-state index in [1.54, 1.807) is 51.1 Å². The number of benzene rings is 2. The van der Waals surface area contributed by atoms with E-state index in [2.05, 4.69) is 0 Å². The van der Waals surface area contributed by atoms with Crippen molar-refractivity contribution in [2.45, 2.75) is 38.8 Å². The number of rotatable bonds is 6. The van der Waals surface area contributed by atoms with Crippen LogP contribution in [0, 0.1) is 0 Å². The van der Waals surface area contributed by atoms with Crippen LogP contribution in [0.3, 0.4) is 0 Å². The fraction of sp³-hybridized carbons (Fsp3) is 0.318. The molecule has 0 aromatic heterocycles. The Labute approximate surface area is 170 Å². The van der Waals surface area contributed by atoms with Gasteiger partial charge in [0.15, 0.2) is 0 Å². The molecule has 2 rings (SSSR count). The normalized spacial score (nSPS) is 12.1. The molecule has 6 heteroatoms. The fourth-order valence-corrected chi connectivity index (χ4v) is 2.83. The van der Waals surface area contributed by atoms with E-state index in [1.807, 2.05) is 30.3 Å². The summed E-state index contributed by atoms with van der Waals surface area (Å²) >= 11 is 5.77. The predicted octanol–water partition coefficient (Wildman–Crippen LogP) is 3.85. The van der Waals surface area contributed by atoms with Gasteiger partial charge in [-0.05, 0) is 38.5 Å².